The van der Waals surface area contributed by atoms with Crippen LogP contribution in [0.4, 0.5) is 0 Å². The van der Waals surface area contributed by atoms with E-state index in [1.54, 1.807) is 0 Å². The summed E-state index contributed by atoms with van der Waals surface area (Å²) in [7, 11) is 0. The molecule has 0 heterocycles. The summed E-state index contributed by atoms with van der Waals surface area (Å²) in [4.78, 5) is 2.47. The van der Waals surface area contributed by atoms with E-state index in [4.69, 9.17) is 5.73 Å². The van der Waals surface area contributed by atoms with E-state index in [0.29, 0.717) is 0 Å². The third kappa shape index (κ3) is 6.71. The summed E-state index contributed by atoms with van der Waals surface area (Å²) in [6, 6.07) is 10.7. The van der Waals surface area contributed by atoms with E-state index >= 15 is 0 Å². The highest BCUT2D eigenvalue weighted by Gasteiger charge is 2.03. The Balaban J connectivity index is 2.28. The number of thioether (sulfide) groups is 1. The minimum atomic E-state index is 0.756. The fourth-order valence-electron chi connectivity index (χ4n) is 1.79. The van der Waals surface area contributed by atoms with Crippen LogP contribution in [-0.4, -0.2) is 42.6 Å². The minimum Gasteiger partial charge on any atom is -0.329 e. The van der Waals surface area contributed by atoms with E-state index in [9.17, 15) is 0 Å². The third-order valence-electron chi connectivity index (χ3n) is 2.76. The largest absolute Gasteiger partial charge is 0.329 e. The van der Waals surface area contributed by atoms with Crippen molar-refractivity contribution in [2.24, 2.45) is 5.73 Å². The van der Waals surface area contributed by atoms with Gasteiger partial charge in [-0.3, -0.25) is 0 Å². The molecule has 1 aromatic rings. The molecule has 1 aromatic carbocycles. The molecule has 0 bridgehead atoms. The fraction of sp³-hybridized carbons (Fsp3) is 0.571. The van der Waals surface area contributed by atoms with Crippen molar-refractivity contribution in [3.8, 4) is 0 Å². The van der Waals surface area contributed by atoms with Crippen molar-refractivity contribution in [1.29, 1.82) is 0 Å². The first-order chi connectivity index (χ1) is 8.36. The van der Waals surface area contributed by atoms with Gasteiger partial charge in [-0.2, -0.15) is 11.8 Å². The van der Waals surface area contributed by atoms with Crippen LogP contribution < -0.4 is 5.73 Å². The Morgan fingerprint density at radius 1 is 1.12 bits per heavy atom. The standard InChI is InChI=1S/C14H24N2S/c1-2-17-13-12-16(11-9-15)10-8-14-6-4-3-5-7-14/h3-7H,2,8-13,15H2,1H3. The molecule has 0 saturated heterocycles. The second-order valence-corrected chi connectivity index (χ2v) is 5.46. The van der Waals surface area contributed by atoms with E-state index in [1.807, 2.05) is 11.8 Å². The molecule has 0 unspecified atom stereocenters. The van der Waals surface area contributed by atoms with Crippen LogP contribution in [0.25, 0.3) is 0 Å². The van der Waals surface area contributed by atoms with Crippen molar-refractivity contribution in [1.82, 2.24) is 4.90 Å². The van der Waals surface area contributed by atoms with E-state index < -0.39 is 0 Å². The Labute approximate surface area is 110 Å². The first-order valence-corrected chi connectivity index (χ1v) is 7.56. The van der Waals surface area contributed by atoms with Crippen LogP contribution in [0.5, 0.6) is 0 Å². The van der Waals surface area contributed by atoms with Gasteiger partial charge in [0.15, 0.2) is 0 Å². The summed E-state index contributed by atoms with van der Waals surface area (Å²) in [6.07, 6.45) is 1.12. The summed E-state index contributed by atoms with van der Waals surface area (Å²) in [5, 5.41) is 0. The van der Waals surface area contributed by atoms with Gasteiger partial charge in [-0.25, -0.2) is 0 Å². The number of hydrogen-bond acceptors (Lipinski definition) is 3. The zero-order valence-corrected chi connectivity index (χ0v) is 11.6. The van der Waals surface area contributed by atoms with Crippen molar-refractivity contribution in [2.75, 3.05) is 37.7 Å². The molecule has 0 atom stereocenters. The molecule has 0 aliphatic heterocycles. The van der Waals surface area contributed by atoms with Gasteiger partial charge in [-0.1, -0.05) is 37.3 Å². The summed E-state index contributed by atoms with van der Waals surface area (Å²) in [5.74, 6) is 2.42. The second kappa shape index (κ2) is 9.51. The molecule has 96 valence electrons. The lowest BCUT2D eigenvalue weighted by molar-refractivity contribution is 0.302. The first-order valence-electron chi connectivity index (χ1n) is 6.41. The predicted octanol–water partition coefficient (Wildman–Crippen LogP) is 2.24. The molecule has 3 heteroatoms. The lowest BCUT2D eigenvalue weighted by Crippen LogP contribution is -2.33. The molecule has 1 rings (SSSR count). The van der Waals surface area contributed by atoms with Crippen LogP contribution >= 0.6 is 11.8 Å². The molecule has 2 nitrogen and oxygen atoms in total. The van der Waals surface area contributed by atoms with Crippen molar-refractivity contribution in [2.45, 2.75) is 13.3 Å². The van der Waals surface area contributed by atoms with Gasteiger partial charge in [-0.15, -0.1) is 0 Å². The van der Waals surface area contributed by atoms with Gasteiger partial charge in [0.1, 0.15) is 0 Å². The lowest BCUT2D eigenvalue weighted by atomic mass is 10.1. The molecule has 0 saturated carbocycles. The summed E-state index contributed by atoms with van der Waals surface area (Å²) in [6.45, 7) is 6.25. The zero-order chi connectivity index (χ0) is 12.3. The van der Waals surface area contributed by atoms with Crippen LogP contribution in [0.15, 0.2) is 30.3 Å². The number of hydrogen-bond donors (Lipinski definition) is 1. The molecule has 17 heavy (non-hydrogen) atoms. The Kier molecular flexibility index (Phi) is 8.14. The summed E-state index contributed by atoms with van der Waals surface area (Å²) < 4.78 is 0. The average molecular weight is 252 g/mol. The molecular weight excluding hydrogens is 228 g/mol. The SMILES string of the molecule is CCSCCN(CCN)CCc1ccccc1. The number of nitrogens with zero attached hydrogens (tertiary/aromatic N) is 1. The van der Waals surface area contributed by atoms with Crippen LogP contribution in [-0.2, 0) is 6.42 Å². The first kappa shape index (κ1) is 14.6. The second-order valence-electron chi connectivity index (χ2n) is 4.06. The van der Waals surface area contributed by atoms with Crippen LogP contribution in [0.1, 0.15) is 12.5 Å². The van der Waals surface area contributed by atoms with Gasteiger partial charge in [0.05, 0.1) is 0 Å². The van der Waals surface area contributed by atoms with Gasteiger partial charge in [0.2, 0.25) is 0 Å². The maximum atomic E-state index is 5.65. The highest BCUT2D eigenvalue weighted by Crippen LogP contribution is 2.03. The predicted molar refractivity (Wildman–Crippen MR) is 78.6 cm³/mol. The summed E-state index contributed by atoms with van der Waals surface area (Å²) in [5.41, 5.74) is 7.07. The van der Waals surface area contributed by atoms with Crippen LogP contribution in [0.2, 0.25) is 0 Å². The van der Waals surface area contributed by atoms with E-state index in [2.05, 4.69) is 42.2 Å². The van der Waals surface area contributed by atoms with Crippen molar-refractivity contribution in [3.63, 3.8) is 0 Å². The molecule has 0 amide bonds. The van der Waals surface area contributed by atoms with Crippen LogP contribution in [0, 0.1) is 0 Å². The zero-order valence-electron chi connectivity index (χ0n) is 10.8. The molecule has 0 aliphatic rings. The molecular formula is C14H24N2S. The highest BCUT2D eigenvalue weighted by molar-refractivity contribution is 7.99. The molecule has 0 radical (unpaired) electrons. The lowest BCUT2D eigenvalue weighted by Gasteiger charge is -2.21. The highest BCUT2D eigenvalue weighted by atomic mass is 32.2. The van der Waals surface area contributed by atoms with Gasteiger partial charge in [0, 0.05) is 31.9 Å². The van der Waals surface area contributed by atoms with E-state index in [1.165, 1.54) is 17.1 Å². The molecule has 0 spiro atoms. The van der Waals surface area contributed by atoms with Gasteiger partial charge in [-0.05, 0) is 17.7 Å². The Morgan fingerprint density at radius 3 is 2.53 bits per heavy atom. The average Bonchev–Trinajstić information content (AvgIpc) is 2.37. The van der Waals surface area contributed by atoms with Crippen molar-refractivity contribution in [3.05, 3.63) is 35.9 Å². The molecule has 0 aliphatic carbocycles. The van der Waals surface area contributed by atoms with Gasteiger partial charge < -0.3 is 10.6 Å². The number of rotatable bonds is 9. The molecule has 2 N–H and O–H groups in total. The Hall–Kier alpha value is -0.510. The quantitative estimate of drug-likeness (QED) is 0.684. The third-order valence-corrected chi connectivity index (χ3v) is 3.64. The fourth-order valence-corrected chi connectivity index (χ4v) is 2.46. The molecule has 0 aromatic heterocycles. The van der Waals surface area contributed by atoms with Gasteiger partial charge in [0.25, 0.3) is 0 Å². The number of nitrogens with two attached hydrogens (primary N) is 1. The maximum absolute atomic E-state index is 5.65. The number of benzene rings is 1. The van der Waals surface area contributed by atoms with Crippen molar-refractivity contribution < 1.29 is 0 Å². The summed E-state index contributed by atoms with van der Waals surface area (Å²) >= 11 is 2.00. The monoisotopic (exact) mass is 252 g/mol. The minimum absolute atomic E-state index is 0.756. The van der Waals surface area contributed by atoms with E-state index in [-0.39, 0.29) is 0 Å². The topological polar surface area (TPSA) is 29.3 Å². The Bertz CT molecular complexity index is 277. The van der Waals surface area contributed by atoms with E-state index in [0.717, 1.165) is 32.6 Å². The maximum Gasteiger partial charge on any atom is 0.0105 e. The van der Waals surface area contributed by atoms with Gasteiger partial charge >= 0.3 is 0 Å². The Morgan fingerprint density at radius 2 is 1.88 bits per heavy atom. The molecule has 0 fully saturated rings. The smallest absolute Gasteiger partial charge is 0.0105 e. The van der Waals surface area contributed by atoms with Crippen LogP contribution in [0.3, 0.4) is 0 Å². The normalized spacial score (nSPS) is 11.0. The van der Waals surface area contributed by atoms with Crippen molar-refractivity contribution >= 4 is 11.8 Å².